The van der Waals surface area contributed by atoms with Gasteiger partial charge in [0.15, 0.2) is 5.60 Å². The van der Waals surface area contributed by atoms with Crippen LogP contribution in [0.4, 0.5) is 30.7 Å². The predicted octanol–water partition coefficient (Wildman–Crippen LogP) is 4.45. The molecule has 1 aliphatic carbocycles. The number of aliphatic hydroxyl groups is 1. The highest BCUT2D eigenvalue weighted by molar-refractivity contribution is 5.85. The molecular formula is C15H19F7O3. The third kappa shape index (κ3) is 4.27. The SMILES string of the molecule is C=C(F)C(=O)OC(C)(C1CCC(C(C)(O)C(F)(F)F)CC1)C(F)(F)F. The van der Waals surface area contributed by atoms with Crippen LogP contribution in [0.25, 0.3) is 0 Å². The number of carbonyl (C=O) groups excluding carboxylic acids is 1. The molecule has 0 saturated heterocycles. The maximum atomic E-state index is 13.4. The third-order valence-electron chi connectivity index (χ3n) is 4.96. The van der Waals surface area contributed by atoms with E-state index in [1.807, 2.05) is 0 Å². The number of halogens is 7. The Morgan fingerprint density at radius 2 is 1.36 bits per heavy atom. The second kappa shape index (κ2) is 6.77. The molecule has 0 spiro atoms. The van der Waals surface area contributed by atoms with Crippen molar-refractivity contribution < 1.29 is 45.4 Å². The molecule has 25 heavy (non-hydrogen) atoms. The highest BCUT2D eigenvalue weighted by Gasteiger charge is 2.61. The van der Waals surface area contributed by atoms with E-state index in [1.54, 1.807) is 0 Å². The maximum absolute atomic E-state index is 13.4. The van der Waals surface area contributed by atoms with Crippen LogP contribution in [0.15, 0.2) is 12.4 Å². The highest BCUT2D eigenvalue weighted by Crippen LogP contribution is 2.50. The summed E-state index contributed by atoms with van der Waals surface area (Å²) in [5.74, 6) is -6.22. The second-order valence-electron chi connectivity index (χ2n) is 6.59. The first-order chi connectivity index (χ1) is 11.0. The number of hydrogen-bond acceptors (Lipinski definition) is 3. The Kier molecular flexibility index (Phi) is 5.88. The minimum absolute atomic E-state index is 0.350. The third-order valence-corrected chi connectivity index (χ3v) is 4.96. The summed E-state index contributed by atoms with van der Waals surface area (Å²) >= 11 is 0. The molecule has 1 N–H and O–H groups in total. The number of carbonyl (C=O) groups is 1. The van der Waals surface area contributed by atoms with Crippen LogP contribution in [0.3, 0.4) is 0 Å². The normalized spacial score (nSPS) is 27.1. The van der Waals surface area contributed by atoms with E-state index in [0.29, 0.717) is 13.8 Å². The molecular weight excluding hydrogens is 361 g/mol. The van der Waals surface area contributed by atoms with E-state index in [1.165, 1.54) is 0 Å². The fraction of sp³-hybridized carbons (Fsp3) is 0.800. The van der Waals surface area contributed by atoms with Crippen molar-refractivity contribution in [3.8, 4) is 0 Å². The summed E-state index contributed by atoms with van der Waals surface area (Å²) in [6.07, 6.45) is -11.4. The molecule has 0 radical (unpaired) electrons. The highest BCUT2D eigenvalue weighted by atomic mass is 19.4. The van der Waals surface area contributed by atoms with Crippen molar-refractivity contribution in [2.24, 2.45) is 11.8 Å². The molecule has 0 aromatic rings. The molecule has 2 unspecified atom stereocenters. The van der Waals surface area contributed by atoms with Crippen molar-refractivity contribution >= 4 is 5.97 Å². The van der Waals surface area contributed by atoms with Crippen LogP contribution < -0.4 is 0 Å². The molecule has 1 rings (SSSR count). The van der Waals surface area contributed by atoms with E-state index in [-0.39, 0.29) is 25.7 Å². The van der Waals surface area contributed by atoms with Crippen LogP contribution in [-0.4, -0.2) is 34.6 Å². The van der Waals surface area contributed by atoms with Crippen LogP contribution in [0.5, 0.6) is 0 Å². The van der Waals surface area contributed by atoms with Gasteiger partial charge in [-0.2, -0.15) is 30.7 Å². The van der Waals surface area contributed by atoms with E-state index in [0.717, 1.165) is 0 Å². The van der Waals surface area contributed by atoms with Gasteiger partial charge in [0.1, 0.15) is 0 Å². The second-order valence-corrected chi connectivity index (χ2v) is 6.59. The van der Waals surface area contributed by atoms with Gasteiger partial charge in [-0.3, -0.25) is 0 Å². The largest absolute Gasteiger partial charge is 0.444 e. The Morgan fingerprint density at radius 1 is 0.960 bits per heavy atom. The number of alkyl halides is 6. The van der Waals surface area contributed by atoms with Crippen molar-refractivity contribution in [2.45, 2.75) is 63.1 Å². The standard InChI is InChI=1S/C15H19F7O3/c1-8(16)11(23)25-13(3,15(20,21)22)10-6-4-9(5-7-10)12(2,24)14(17,18)19/h9-10,24H,1,4-7H2,2-3H3. The Balaban J connectivity index is 2.97. The molecule has 0 heterocycles. The summed E-state index contributed by atoms with van der Waals surface area (Å²) in [6.45, 7) is 3.70. The van der Waals surface area contributed by atoms with Gasteiger partial charge >= 0.3 is 18.3 Å². The lowest BCUT2D eigenvalue weighted by Gasteiger charge is -2.44. The van der Waals surface area contributed by atoms with E-state index < -0.39 is 47.2 Å². The van der Waals surface area contributed by atoms with Gasteiger partial charge in [-0.25, -0.2) is 4.79 Å². The Morgan fingerprint density at radius 3 is 1.68 bits per heavy atom. The first-order valence-electron chi connectivity index (χ1n) is 7.47. The molecule has 0 aliphatic heterocycles. The summed E-state index contributed by atoms with van der Waals surface area (Å²) in [7, 11) is 0. The zero-order chi connectivity index (χ0) is 19.8. The van der Waals surface area contributed by atoms with E-state index >= 15 is 0 Å². The zero-order valence-corrected chi connectivity index (χ0v) is 13.6. The molecule has 1 aliphatic rings. The monoisotopic (exact) mass is 380 g/mol. The average Bonchev–Trinajstić information content (AvgIpc) is 2.44. The van der Waals surface area contributed by atoms with Crippen molar-refractivity contribution in [2.75, 3.05) is 0 Å². The molecule has 10 heteroatoms. The van der Waals surface area contributed by atoms with Gasteiger partial charge in [-0.15, -0.1) is 0 Å². The molecule has 0 aromatic heterocycles. The van der Waals surface area contributed by atoms with Gasteiger partial charge in [0, 0.05) is 5.92 Å². The average molecular weight is 380 g/mol. The van der Waals surface area contributed by atoms with Crippen LogP contribution in [0.2, 0.25) is 0 Å². The summed E-state index contributed by atoms with van der Waals surface area (Å²) in [6, 6.07) is 0. The summed E-state index contributed by atoms with van der Waals surface area (Å²) in [4.78, 5) is 11.2. The molecule has 1 fully saturated rings. The van der Waals surface area contributed by atoms with Gasteiger partial charge in [0.25, 0.3) is 0 Å². The molecule has 0 aromatic carbocycles. The maximum Gasteiger partial charge on any atom is 0.428 e. The van der Waals surface area contributed by atoms with Crippen LogP contribution in [0, 0.1) is 11.8 Å². The predicted molar refractivity (Wildman–Crippen MR) is 72.9 cm³/mol. The Bertz CT molecular complexity index is 516. The van der Waals surface area contributed by atoms with Gasteiger partial charge in [-0.05, 0) is 45.4 Å². The molecule has 0 bridgehead atoms. The lowest BCUT2D eigenvalue weighted by molar-refractivity contribution is -0.292. The van der Waals surface area contributed by atoms with Gasteiger partial charge in [0.2, 0.25) is 11.4 Å². The van der Waals surface area contributed by atoms with Crippen molar-refractivity contribution in [3.05, 3.63) is 12.4 Å². The zero-order valence-electron chi connectivity index (χ0n) is 13.6. The topological polar surface area (TPSA) is 46.5 Å². The van der Waals surface area contributed by atoms with Crippen molar-refractivity contribution in [3.63, 3.8) is 0 Å². The molecule has 0 amide bonds. The fourth-order valence-corrected chi connectivity index (χ4v) is 3.06. The Hall–Kier alpha value is -1.32. The fourth-order valence-electron chi connectivity index (χ4n) is 3.06. The smallest absolute Gasteiger partial charge is 0.428 e. The van der Waals surface area contributed by atoms with Gasteiger partial charge < -0.3 is 9.84 Å². The van der Waals surface area contributed by atoms with Crippen LogP contribution >= 0.6 is 0 Å². The van der Waals surface area contributed by atoms with E-state index in [9.17, 15) is 40.6 Å². The molecule has 146 valence electrons. The molecule has 3 nitrogen and oxygen atoms in total. The minimum Gasteiger partial charge on any atom is -0.444 e. The van der Waals surface area contributed by atoms with E-state index in [2.05, 4.69) is 11.3 Å². The van der Waals surface area contributed by atoms with Crippen LogP contribution in [-0.2, 0) is 9.53 Å². The number of ether oxygens (including phenoxy) is 1. The first-order valence-corrected chi connectivity index (χ1v) is 7.47. The Labute approximate surface area is 139 Å². The number of hydrogen-bond donors (Lipinski definition) is 1. The summed E-state index contributed by atoms with van der Waals surface area (Å²) in [5, 5.41) is 9.65. The van der Waals surface area contributed by atoms with Crippen molar-refractivity contribution in [1.29, 1.82) is 0 Å². The summed E-state index contributed by atoms with van der Waals surface area (Å²) < 4.78 is 95.7. The lowest BCUT2D eigenvalue weighted by atomic mass is 9.69. The summed E-state index contributed by atoms with van der Waals surface area (Å²) in [5.41, 5.74) is -6.09. The molecule has 2 atom stereocenters. The van der Waals surface area contributed by atoms with Gasteiger partial charge in [-0.1, -0.05) is 6.58 Å². The number of rotatable bonds is 4. The minimum atomic E-state index is -5.05. The number of esters is 1. The quantitative estimate of drug-likeness (QED) is 0.445. The molecule has 1 saturated carbocycles. The van der Waals surface area contributed by atoms with Gasteiger partial charge in [0.05, 0.1) is 0 Å². The van der Waals surface area contributed by atoms with Crippen molar-refractivity contribution in [1.82, 2.24) is 0 Å². The lowest BCUT2D eigenvalue weighted by Crippen LogP contribution is -2.55. The van der Waals surface area contributed by atoms with Crippen LogP contribution in [0.1, 0.15) is 39.5 Å². The van der Waals surface area contributed by atoms with E-state index in [4.69, 9.17) is 0 Å². The first kappa shape index (κ1) is 21.7.